The van der Waals surface area contributed by atoms with Gasteiger partial charge in [0.15, 0.2) is 27.3 Å². The van der Waals surface area contributed by atoms with E-state index in [0.29, 0.717) is 6.07 Å². The monoisotopic (exact) mass is 310 g/mol. The van der Waals surface area contributed by atoms with E-state index in [4.69, 9.17) is 0 Å². The zero-order chi connectivity index (χ0) is 15.6. The molecule has 0 spiro atoms. The smallest absolute Gasteiger partial charge is 0.188 e. The minimum atomic E-state index is -3.88. The van der Waals surface area contributed by atoms with Gasteiger partial charge in [-0.3, -0.25) is 4.79 Å². The Labute approximate surface area is 121 Å². The summed E-state index contributed by atoms with van der Waals surface area (Å²) in [5.74, 6) is -3.06. The van der Waals surface area contributed by atoms with Crippen LogP contribution in [0.2, 0.25) is 0 Å². The van der Waals surface area contributed by atoms with E-state index in [2.05, 4.69) is 0 Å². The Bertz CT molecular complexity index is 771. The van der Waals surface area contributed by atoms with Gasteiger partial charge in [0, 0.05) is 5.56 Å². The van der Waals surface area contributed by atoms with E-state index < -0.39 is 32.5 Å². The quantitative estimate of drug-likeness (QED) is 0.816. The third kappa shape index (κ3) is 3.00. The van der Waals surface area contributed by atoms with Crippen LogP contribution < -0.4 is 0 Å². The average molecular weight is 310 g/mol. The highest BCUT2D eigenvalue weighted by molar-refractivity contribution is 7.92. The average Bonchev–Trinajstić information content (AvgIpc) is 2.49. The summed E-state index contributed by atoms with van der Waals surface area (Å²) < 4.78 is 50.6. The second-order valence-electron chi connectivity index (χ2n) is 4.49. The molecule has 0 radical (unpaired) electrons. The predicted molar refractivity (Wildman–Crippen MR) is 73.8 cm³/mol. The van der Waals surface area contributed by atoms with Crippen LogP contribution >= 0.6 is 0 Å². The van der Waals surface area contributed by atoms with E-state index in [0.717, 1.165) is 12.1 Å². The molecule has 0 N–H and O–H groups in total. The van der Waals surface area contributed by atoms with Gasteiger partial charge in [-0.05, 0) is 37.3 Å². The molecular formula is C15H12F2O3S. The molecule has 6 heteroatoms. The number of carbonyl (C=O) groups is 1. The summed E-state index contributed by atoms with van der Waals surface area (Å²) in [7, 11) is -3.88. The van der Waals surface area contributed by atoms with Crippen LogP contribution in [-0.2, 0) is 9.84 Å². The summed E-state index contributed by atoms with van der Waals surface area (Å²) >= 11 is 0. The first-order valence-electron chi connectivity index (χ1n) is 6.12. The van der Waals surface area contributed by atoms with Crippen LogP contribution in [0.25, 0.3) is 0 Å². The first-order chi connectivity index (χ1) is 9.84. The topological polar surface area (TPSA) is 51.2 Å². The Hall–Kier alpha value is -2.08. The van der Waals surface area contributed by atoms with E-state index in [-0.39, 0.29) is 10.5 Å². The second-order valence-corrected chi connectivity index (χ2v) is 6.76. The van der Waals surface area contributed by atoms with Crippen LogP contribution in [0.1, 0.15) is 17.3 Å². The lowest BCUT2D eigenvalue weighted by molar-refractivity contribution is 0.0991. The van der Waals surface area contributed by atoms with Gasteiger partial charge in [0.1, 0.15) is 5.25 Å². The van der Waals surface area contributed by atoms with Crippen molar-refractivity contribution in [2.24, 2.45) is 0 Å². The fraction of sp³-hybridized carbons (Fsp3) is 0.133. The number of ketones is 1. The van der Waals surface area contributed by atoms with E-state index in [9.17, 15) is 22.0 Å². The molecule has 2 rings (SSSR count). The van der Waals surface area contributed by atoms with Crippen molar-refractivity contribution < 1.29 is 22.0 Å². The zero-order valence-electron chi connectivity index (χ0n) is 11.1. The highest BCUT2D eigenvalue weighted by Gasteiger charge is 2.30. The Kier molecular flexibility index (Phi) is 4.18. The van der Waals surface area contributed by atoms with E-state index >= 15 is 0 Å². The number of hydrogen-bond donors (Lipinski definition) is 0. The number of Topliss-reactive ketones (excluding diaryl/α,β-unsaturated/α-hetero) is 1. The summed E-state index contributed by atoms with van der Waals surface area (Å²) in [5, 5.41) is -1.38. The third-order valence-corrected chi connectivity index (χ3v) is 5.18. The van der Waals surface area contributed by atoms with Crippen LogP contribution in [-0.4, -0.2) is 19.5 Å². The Balaban J connectivity index is 2.37. The molecule has 0 saturated carbocycles. The zero-order valence-corrected chi connectivity index (χ0v) is 11.9. The van der Waals surface area contributed by atoms with Crippen molar-refractivity contribution in [2.45, 2.75) is 17.1 Å². The molecular weight excluding hydrogens is 298 g/mol. The molecule has 21 heavy (non-hydrogen) atoms. The van der Waals surface area contributed by atoms with Crippen LogP contribution in [0.15, 0.2) is 53.4 Å². The minimum absolute atomic E-state index is 0.00781. The molecule has 0 saturated heterocycles. The molecule has 0 bridgehead atoms. The SMILES string of the molecule is CC(C(=O)c1ccc(F)c(F)c1)S(=O)(=O)c1ccccc1. The number of rotatable bonds is 4. The number of benzene rings is 2. The van der Waals surface area contributed by atoms with Crippen molar-refractivity contribution in [3.05, 3.63) is 65.7 Å². The highest BCUT2D eigenvalue weighted by atomic mass is 32.2. The first-order valence-corrected chi connectivity index (χ1v) is 7.67. The molecule has 0 aromatic heterocycles. The van der Waals surface area contributed by atoms with Crippen LogP contribution in [0.3, 0.4) is 0 Å². The lowest BCUT2D eigenvalue weighted by Crippen LogP contribution is -2.27. The number of halogens is 2. The molecule has 2 aromatic rings. The maximum atomic E-state index is 13.1. The van der Waals surface area contributed by atoms with Gasteiger partial charge in [-0.2, -0.15) is 0 Å². The lowest BCUT2D eigenvalue weighted by Gasteiger charge is -2.12. The Morgan fingerprint density at radius 3 is 2.19 bits per heavy atom. The molecule has 0 aliphatic rings. The molecule has 0 aliphatic heterocycles. The van der Waals surface area contributed by atoms with Gasteiger partial charge < -0.3 is 0 Å². The Morgan fingerprint density at radius 2 is 1.62 bits per heavy atom. The van der Waals surface area contributed by atoms with Gasteiger partial charge in [0.2, 0.25) is 0 Å². The predicted octanol–water partition coefficient (Wildman–Crippen LogP) is 3.01. The number of carbonyl (C=O) groups excluding carboxylic acids is 1. The molecule has 110 valence electrons. The van der Waals surface area contributed by atoms with Crippen molar-refractivity contribution in [2.75, 3.05) is 0 Å². The van der Waals surface area contributed by atoms with Gasteiger partial charge in [-0.25, -0.2) is 17.2 Å². The van der Waals surface area contributed by atoms with Gasteiger partial charge in [0.05, 0.1) is 4.90 Å². The van der Waals surface area contributed by atoms with Crippen LogP contribution in [0.4, 0.5) is 8.78 Å². The number of hydrogen-bond acceptors (Lipinski definition) is 3. The normalized spacial score (nSPS) is 12.9. The van der Waals surface area contributed by atoms with Crippen molar-refractivity contribution in [3.63, 3.8) is 0 Å². The molecule has 2 aromatic carbocycles. The van der Waals surface area contributed by atoms with Gasteiger partial charge in [-0.1, -0.05) is 18.2 Å². The standard InChI is InChI=1S/C15H12F2O3S/c1-10(21(19,20)12-5-3-2-4-6-12)15(18)11-7-8-13(16)14(17)9-11/h2-10H,1H3. The maximum absolute atomic E-state index is 13.1. The first kappa shape index (κ1) is 15.3. The molecule has 0 amide bonds. The summed E-state index contributed by atoms with van der Waals surface area (Å²) in [5.41, 5.74) is -0.180. The summed E-state index contributed by atoms with van der Waals surface area (Å²) in [6.07, 6.45) is 0. The highest BCUT2D eigenvalue weighted by Crippen LogP contribution is 2.20. The molecule has 0 fully saturated rings. The molecule has 0 aliphatic carbocycles. The van der Waals surface area contributed by atoms with Crippen molar-refractivity contribution in [1.29, 1.82) is 0 Å². The van der Waals surface area contributed by atoms with E-state index in [1.165, 1.54) is 19.1 Å². The largest absolute Gasteiger partial charge is 0.293 e. The van der Waals surface area contributed by atoms with Crippen molar-refractivity contribution in [3.8, 4) is 0 Å². The third-order valence-electron chi connectivity index (χ3n) is 3.11. The molecule has 1 atom stereocenters. The minimum Gasteiger partial charge on any atom is -0.293 e. The van der Waals surface area contributed by atoms with Gasteiger partial charge in [-0.15, -0.1) is 0 Å². The fourth-order valence-electron chi connectivity index (χ4n) is 1.84. The van der Waals surface area contributed by atoms with E-state index in [1.807, 2.05) is 0 Å². The van der Waals surface area contributed by atoms with Crippen molar-refractivity contribution in [1.82, 2.24) is 0 Å². The van der Waals surface area contributed by atoms with E-state index in [1.54, 1.807) is 18.2 Å². The summed E-state index contributed by atoms with van der Waals surface area (Å²) in [6, 6.07) is 10.1. The van der Waals surface area contributed by atoms with Crippen LogP contribution in [0, 0.1) is 11.6 Å². The van der Waals surface area contributed by atoms with Gasteiger partial charge in [0.25, 0.3) is 0 Å². The maximum Gasteiger partial charge on any atom is 0.188 e. The van der Waals surface area contributed by atoms with Crippen molar-refractivity contribution >= 4 is 15.6 Å². The molecule has 0 heterocycles. The number of sulfone groups is 1. The lowest BCUT2D eigenvalue weighted by atomic mass is 10.1. The molecule has 3 nitrogen and oxygen atoms in total. The second kappa shape index (κ2) is 5.73. The fourth-order valence-corrected chi connectivity index (χ4v) is 3.20. The Morgan fingerprint density at radius 1 is 1.00 bits per heavy atom. The summed E-state index contributed by atoms with van der Waals surface area (Å²) in [6.45, 7) is 1.23. The van der Waals surface area contributed by atoms with Gasteiger partial charge >= 0.3 is 0 Å². The summed E-state index contributed by atoms with van der Waals surface area (Å²) in [4.78, 5) is 12.2. The van der Waals surface area contributed by atoms with Crippen LogP contribution in [0.5, 0.6) is 0 Å². The molecule has 1 unspecified atom stereocenters.